The van der Waals surface area contributed by atoms with Gasteiger partial charge in [0.1, 0.15) is 10.3 Å². The first-order valence-electron chi connectivity index (χ1n) is 5.37. The highest BCUT2D eigenvalue weighted by atomic mass is 32.2. The zero-order valence-electron chi connectivity index (χ0n) is 10.2. The molecule has 0 radical (unpaired) electrons. The summed E-state index contributed by atoms with van der Waals surface area (Å²) in [5, 5.41) is -1.07. The van der Waals surface area contributed by atoms with Crippen molar-refractivity contribution in [1.82, 2.24) is 4.98 Å². The van der Waals surface area contributed by atoms with Crippen LogP contribution in [0.1, 0.15) is 19.4 Å². The van der Waals surface area contributed by atoms with Gasteiger partial charge >= 0.3 is 12.1 Å². The molecule has 0 saturated carbocycles. The molecule has 0 amide bonds. The van der Waals surface area contributed by atoms with E-state index in [2.05, 4.69) is 9.72 Å². The summed E-state index contributed by atoms with van der Waals surface area (Å²) in [6.45, 7) is 3.11. The quantitative estimate of drug-likeness (QED) is 0.799. The van der Waals surface area contributed by atoms with Crippen LogP contribution in [-0.2, 0) is 26.5 Å². The fourth-order valence-electron chi connectivity index (χ4n) is 1.20. The second-order valence-electron chi connectivity index (χ2n) is 3.57. The minimum atomic E-state index is -4.50. The van der Waals surface area contributed by atoms with Crippen LogP contribution in [0.25, 0.3) is 0 Å². The molecule has 0 aliphatic rings. The van der Waals surface area contributed by atoms with E-state index >= 15 is 0 Å². The number of aromatic nitrogens is 1. The summed E-state index contributed by atoms with van der Waals surface area (Å²) in [7, 11) is -1.85. The summed E-state index contributed by atoms with van der Waals surface area (Å²) < 4.78 is 53.5. The molecule has 2 unspecified atom stereocenters. The highest BCUT2D eigenvalue weighted by Crippen LogP contribution is 2.28. The largest absolute Gasteiger partial charge is 0.465 e. The molecule has 0 aliphatic carbocycles. The molecule has 0 bridgehead atoms. The van der Waals surface area contributed by atoms with Crippen LogP contribution in [0.15, 0.2) is 23.4 Å². The number of hydrogen-bond acceptors (Lipinski definition) is 4. The van der Waals surface area contributed by atoms with Gasteiger partial charge in [0.05, 0.1) is 23.0 Å². The van der Waals surface area contributed by atoms with Crippen molar-refractivity contribution >= 4 is 16.8 Å². The van der Waals surface area contributed by atoms with Gasteiger partial charge < -0.3 is 4.74 Å². The van der Waals surface area contributed by atoms with Crippen LogP contribution < -0.4 is 0 Å². The maximum absolute atomic E-state index is 12.3. The predicted octanol–water partition coefficient (Wildman–Crippen LogP) is 2.16. The Bertz CT molecular complexity index is 473. The van der Waals surface area contributed by atoms with Crippen molar-refractivity contribution in [1.29, 1.82) is 0 Å². The Morgan fingerprint density at radius 1 is 1.47 bits per heavy atom. The Hall–Kier alpha value is -1.44. The third kappa shape index (κ3) is 4.02. The van der Waals surface area contributed by atoms with Crippen molar-refractivity contribution in [3.8, 4) is 0 Å². The van der Waals surface area contributed by atoms with E-state index in [1.54, 1.807) is 6.92 Å². The number of pyridine rings is 1. The van der Waals surface area contributed by atoms with Gasteiger partial charge in [-0.3, -0.25) is 9.00 Å². The summed E-state index contributed by atoms with van der Waals surface area (Å²) in [4.78, 5) is 14.8. The lowest BCUT2D eigenvalue weighted by Crippen LogP contribution is -2.25. The molecule has 1 aromatic rings. The van der Waals surface area contributed by atoms with Gasteiger partial charge in [-0.25, -0.2) is 4.98 Å². The average molecular weight is 295 g/mol. The van der Waals surface area contributed by atoms with Crippen LogP contribution in [-0.4, -0.2) is 27.0 Å². The molecule has 0 fully saturated rings. The highest BCUT2D eigenvalue weighted by molar-refractivity contribution is 7.86. The maximum Gasteiger partial charge on any atom is 0.417 e. The lowest BCUT2D eigenvalue weighted by molar-refractivity contribution is -0.142. The first kappa shape index (κ1) is 15.6. The summed E-state index contributed by atoms with van der Waals surface area (Å²) in [6, 6.07) is 1.77. The van der Waals surface area contributed by atoms with Crippen molar-refractivity contribution in [2.75, 3.05) is 6.61 Å². The van der Waals surface area contributed by atoms with Crippen molar-refractivity contribution in [3.05, 3.63) is 23.9 Å². The monoisotopic (exact) mass is 295 g/mol. The Kier molecular flexibility index (Phi) is 5.04. The van der Waals surface area contributed by atoms with Gasteiger partial charge in [0.25, 0.3) is 0 Å². The zero-order valence-corrected chi connectivity index (χ0v) is 11.0. The van der Waals surface area contributed by atoms with Crippen LogP contribution >= 0.6 is 0 Å². The fourth-order valence-corrected chi connectivity index (χ4v) is 2.16. The van der Waals surface area contributed by atoms with E-state index in [-0.39, 0.29) is 11.6 Å². The second kappa shape index (κ2) is 6.14. The lowest BCUT2D eigenvalue weighted by Gasteiger charge is -2.10. The van der Waals surface area contributed by atoms with E-state index in [4.69, 9.17) is 0 Å². The number of halogens is 3. The van der Waals surface area contributed by atoms with Gasteiger partial charge in [-0.1, -0.05) is 0 Å². The molecular weight excluding hydrogens is 283 g/mol. The van der Waals surface area contributed by atoms with Gasteiger partial charge in [-0.2, -0.15) is 13.2 Å². The SMILES string of the molecule is CCOC(=O)C(C)S(=O)c1ccc(C(F)(F)F)cn1. The molecule has 1 heterocycles. The number of carbonyl (C=O) groups excluding carboxylic acids is 1. The Labute approximate surface area is 110 Å². The first-order valence-corrected chi connectivity index (χ1v) is 6.59. The molecule has 0 aromatic carbocycles. The van der Waals surface area contributed by atoms with Gasteiger partial charge in [0.2, 0.25) is 0 Å². The lowest BCUT2D eigenvalue weighted by atomic mass is 10.3. The zero-order chi connectivity index (χ0) is 14.6. The molecule has 0 spiro atoms. The second-order valence-corrected chi connectivity index (χ2v) is 5.29. The molecule has 2 atom stereocenters. The van der Waals surface area contributed by atoms with Crippen LogP contribution in [0.5, 0.6) is 0 Å². The van der Waals surface area contributed by atoms with Crippen molar-refractivity contribution in [3.63, 3.8) is 0 Å². The molecule has 8 heteroatoms. The third-order valence-electron chi connectivity index (χ3n) is 2.21. The minimum Gasteiger partial charge on any atom is -0.465 e. The normalized spacial score (nSPS) is 14.8. The van der Waals surface area contributed by atoms with E-state index < -0.39 is 33.8 Å². The summed E-state index contributed by atoms with van der Waals surface area (Å²) in [5.41, 5.74) is -0.933. The van der Waals surface area contributed by atoms with Gasteiger partial charge in [0, 0.05) is 6.20 Å². The predicted molar refractivity (Wildman–Crippen MR) is 61.7 cm³/mol. The molecule has 4 nitrogen and oxygen atoms in total. The van der Waals surface area contributed by atoms with Gasteiger partial charge in [-0.15, -0.1) is 0 Å². The van der Waals surface area contributed by atoms with Gasteiger partial charge in [0.15, 0.2) is 0 Å². The first-order chi connectivity index (χ1) is 8.77. The van der Waals surface area contributed by atoms with E-state index in [0.29, 0.717) is 6.20 Å². The molecule has 1 aromatic heterocycles. The summed E-state index contributed by atoms with van der Waals surface area (Å²) in [6.07, 6.45) is -3.91. The average Bonchev–Trinajstić information content (AvgIpc) is 2.36. The maximum atomic E-state index is 12.3. The molecular formula is C11H12F3NO3S. The van der Waals surface area contributed by atoms with E-state index in [0.717, 1.165) is 12.1 Å². The van der Waals surface area contributed by atoms with Crippen molar-refractivity contribution in [2.45, 2.75) is 30.3 Å². The van der Waals surface area contributed by atoms with Crippen LogP contribution in [0.2, 0.25) is 0 Å². The Morgan fingerprint density at radius 2 is 2.11 bits per heavy atom. The number of esters is 1. The number of ether oxygens (including phenoxy) is 1. The van der Waals surface area contributed by atoms with E-state index in [9.17, 15) is 22.2 Å². The number of carbonyl (C=O) groups is 1. The molecule has 106 valence electrons. The van der Waals surface area contributed by atoms with E-state index in [1.807, 2.05) is 0 Å². The minimum absolute atomic E-state index is 0.0893. The fraction of sp³-hybridized carbons (Fsp3) is 0.455. The van der Waals surface area contributed by atoms with Crippen LogP contribution in [0.3, 0.4) is 0 Å². The Morgan fingerprint density at radius 3 is 2.53 bits per heavy atom. The molecule has 1 rings (SSSR count). The van der Waals surface area contributed by atoms with E-state index in [1.165, 1.54) is 6.92 Å². The third-order valence-corrected chi connectivity index (χ3v) is 3.70. The van der Waals surface area contributed by atoms with Crippen LogP contribution in [0, 0.1) is 0 Å². The standard InChI is InChI=1S/C11H12F3NO3S/c1-3-18-10(16)7(2)19(17)9-5-4-8(6-15-9)11(12,13)14/h4-7H,3H2,1-2H3. The number of hydrogen-bond donors (Lipinski definition) is 0. The molecule has 19 heavy (non-hydrogen) atoms. The number of rotatable bonds is 4. The number of alkyl halides is 3. The summed E-state index contributed by atoms with van der Waals surface area (Å²) in [5.74, 6) is -0.678. The number of nitrogens with zero attached hydrogens (tertiary/aromatic N) is 1. The molecule has 0 N–H and O–H groups in total. The summed E-state index contributed by atoms with van der Waals surface area (Å²) >= 11 is 0. The molecule has 0 aliphatic heterocycles. The van der Waals surface area contributed by atoms with Crippen molar-refractivity contribution in [2.24, 2.45) is 0 Å². The highest BCUT2D eigenvalue weighted by Gasteiger charge is 2.31. The molecule has 0 saturated heterocycles. The Balaban J connectivity index is 2.87. The topological polar surface area (TPSA) is 56.3 Å². The van der Waals surface area contributed by atoms with Gasteiger partial charge in [-0.05, 0) is 26.0 Å². The van der Waals surface area contributed by atoms with Crippen LogP contribution in [0.4, 0.5) is 13.2 Å². The van der Waals surface area contributed by atoms with Crippen molar-refractivity contribution < 1.29 is 26.9 Å². The smallest absolute Gasteiger partial charge is 0.417 e.